The van der Waals surface area contributed by atoms with Gasteiger partial charge in [0.05, 0.1) is 28.6 Å². The number of methoxy groups -OCH3 is 1. The van der Waals surface area contributed by atoms with Crippen molar-refractivity contribution >= 4 is 23.3 Å². The lowest BCUT2D eigenvalue weighted by Crippen LogP contribution is -2.43. The number of amides is 1. The van der Waals surface area contributed by atoms with Gasteiger partial charge >= 0.3 is 5.97 Å². The molecule has 2 rings (SSSR count). The fraction of sp³-hybridized carbons (Fsp3) is 0.176. The molecule has 1 amide bonds. The predicted molar refractivity (Wildman–Crippen MR) is 94.8 cm³/mol. The van der Waals surface area contributed by atoms with Gasteiger partial charge in [0, 0.05) is 18.6 Å². The van der Waals surface area contributed by atoms with Gasteiger partial charge in [-0.2, -0.15) is 0 Å². The third-order valence-corrected chi connectivity index (χ3v) is 3.75. The van der Waals surface area contributed by atoms with Gasteiger partial charge in [0.25, 0.3) is 17.3 Å². The molecular formula is C17H15N3O8. The van der Waals surface area contributed by atoms with E-state index in [1.165, 1.54) is 24.3 Å². The summed E-state index contributed by atoms with van der Waals surface area (Å²) in [6.07, 6.45) is 0.00964. The predicted octanol–water partition coefficient (Wildman–Crippen LogP) is 1.72. The van der Waals surface area contributed by atoms with Crippen molar-refractivity contribution in [3.8, 4) is 5.75 Å². The molecule has 146 valence electrons. The molecule has 0 spiro atoms. The fourth-order valence-electron chi connectivity index (χ4n) is 2.38. The summed E-state index contributed by atoms with van der Waals surface area (Å²) in [4.78, 5) is 44.6. The first-order valence-corrected chi connectivity index (χ1v) is 7.81. The largest absolute Gasteiger partial charge is 0.508 e. The smallest absolute Gasteiger partial charge is 0.328 e. The van der Waals surface area contributed by atoms with Crippen molar-refractivity contribution in [2.45, 2.75) is 12.5 Å². The lowest BCUT2D eigenvalue weighted by Gasteiger charge is -2.16. The highest BCUT2D eigenvalue weighted by Crippen LogP contribution is 2.23. The van der Waals surface area contributed by atoms with Gasteiger partial charge in [-0.15, -0.1) is 0 Å². The second-order valence-corrected chi connectivity index (χ2v) is 5.67. The highest BCUT2D eigenvalue weighted by molar-refractivity contribution is 5.98. The first-order valence-electron chi connectivity index (χ1n) is 7.81. The number of carbonyl (C=O) groups is 2. The maximum atomic E-state index is 12.5. The zero-order valence-electron chi connectivity index (χ0n) is 14.5. The van der Waals surface area contributed by atoms with Gasteiger partial charge in [-0.05, 0) is 17.7 Å². The standard InChI is InChI=1S/C17H15N3O8/c1-28-17(23)15(6-10-2-4-14(21)5-3-10)18-16(22)11-7-12(19(24)25)9-13(8-11)20(26)27/h2-5,7-9,15,21H,6H2,1H3,(H,18,22)/t15-/m1/s1. The van der Waals surface area contributed by atoms with E-state index >= 15 is 0 Å². The average molecular weight is 389 g/mol. The summed E-state index contributed by atoms with van der Waals surface area (Å²) >= 11 is 0. The lowest BCUT2D eigenvalue weighted by molar-refractivity contribution is -0.394. The van der Waals surface area contributed by atoms with Crippen molar-refractivity contribution in [3.63, 3.8) is 0 Å². The van der Waals surface area contributed by atoms with Crippen molar-refractivity contribution in [1.82, 2.24) is 5.32 Å². The summed E-state index contributed by atoms with van der Waals surface area (Å²) in [5, 5.41) is 33.6. The Labute approximate surface area is 157 Å². The maximum Gasteiger partial charge on any atom is 0.328 e. The Bertz CT molecular complexity index is 894. The van der Waals surface area contributed by atoms with Crippen LogP contribution in [0.3, 0.4) is 0 Å². The van der Waals surface area contributed by atoms with Crippen LogP contribution < -0.4 is 5.32 Å². The number of nitrogens with one attached hydrogen (secondary N) is 1. The molecule has 0 aliphatic carbocycles. The highest BCUT2D eigenvalue weighted by atomic mass is 16.6. The van der Waals surface area contributed by atoms with Gasteiger partial charge < -0.3 is 15.2 Å². The third-order valence-electron chi connectivity index (χ3n) is 3.75. The Kier molecular flexibility index (Phi) is 6.22. The van der Waals surface area contributed by atoms with Crippen LogP contribution in [0, 0.1) is 20.2 Å². The summed E-state index contributed by atoms with van der Waals surface area (Å²) in [5.74, 6) is -1.67. The van der Waals surface area contributed by atoms with E-state index in [-0.39, 0.29) is 17.7 Å². The monoisotopic (exact) mass is 389 g/mol. The van der Waals surface area contributed by atoms with E-state index < -0.39 is 39.1 Å². The normalized spacial score (nSPS) is 11.3. The molecule has 0 radical (unpaired) electrons. The molecule has 0 aliphatic rings. The van der Waals surface area contributed by atoms with E-state index in [0.717, 1.165) is 25.3 Å². The van der Waals surface area contributed by atoms with E-state index in [1.54, 1.807) is 0 Å². The van der Waals surface area contributed by atoms with Crippen molar-refractivity contribution < 1.29 is 29.3 Å². The molecule has 2 aromatic rings. The summed E-state index contributed by atoms with van der Waals surface area (Å²) in [6, 6.07) is 7.19. The van der Waals surface area contributed by atoms with Gasteiger partial charge in [0.15, 0.2) is 0 Å². The molecule has 0 aliphatic heterocycles. The number of ether oxygens (including phenoxy) is 1. The molecular weight excluding hydrogens is 374 g/mol. The molecule has 11 heteroatoms. The second kappa shape index (κ2) is 8.58. The van der Waals surface area contributed by atoms with Crippen molar-refractivity contribution in [2.24, 2.45) is 0 Å². The first kappa shape index (κ1) is 20.3. The number of non-ortho nitro benzene ring substituents is 2. The van der Waals surface area contributed by atoms with E-state index in [0.29, 0.717) is 5.56 Å². The SMILES string of the molecule is COC(=O)[C@@H](Cc1ccc(O)cc1)NC(=O)c1cc([N+](=O)[O-])cc([N+](=O)[O-])c1. The van der Waals surface area contributed by atoms with Crippen LogP contribution in [0.1, 0.15) is 15.9 Å². The van der Waals surface area contributed by atoms with Crippen molar-refractivity contribution in [1.29, 1.82) is 0 Å². The summed E-state index contributed by atoms with van der Waals surface area (Å²) < 4.78 is 4.65. The number of nitro groups is 2. The van der Waals surface area contributed by atoms with Crippen LogP contribution in [0.5, 0.6) is 5.75 Å². The van der Waals surface area contributed by atoms with E-state index in [9.17, 15) is 34.9 Å². The summed E-state index contributed by atoms with van der Waals surface area (Å²) in [7, 11) is 1.12. The summed E-state index contributed by atoms with van der Waals surface area (Å²) in [5.41, 5.74) is -1.01. The Morgan fingerprint density at radius 2 is 1.61 bits per heavy atom. The maximum absolute atomic E-state index is 12.5. The van der Waals surface area contributed by atoms with Gasteiger partial charge in [-0.3, -0.25) is 25.0 Å². The molecule has 1 atom stereocenters. The number of benzene rings is 2. The molecule has 0 aromatic heterocycles. The number of aromatic hydroxyl groups is 1. The van der Waals surface area contributed by atoms with E-state index in [2.05, 4.69) is 10.1 Å². The Morgan fingerprint density at radius 3 is 2.07 bits per heavy atom. The number of esters is 1. The van der Waals surface area contributed by atoms with Crippen LogP contribution in [0.4, 0.5) is 11.4 Å². The van der Waals surface area contributed by atoms with Crippen LogP contribution in [-0.4, -0.2) is 40.0 Å². The molecule has 0 bridgehead atoms. The van der Waals surface area contributed by atoms with Gasteiger partial charge in [0.2, 0.25) is 0 Å². The molecule has 0 heterocycles. The number of nitro benzene ring substituents is 2. The molecule has 11 nitrogen and oxygen atoms in total. The third kappa shape index (κ3) is 5.00. The van der Waals surface area contributed by atoms with Crippen molar-refractivity contribution in [3.05, 3.63) is 73.8 Å². The average Bonchev–Trinajstić information content (AvgIpc) is 2.67. The van der Waals surface area contributed by atoms with Gasteiger partial charge in [0.1, 0.15) is 11.8 Å². The fourth-order valence-corrected chi connectivity index (χ4v) is 2.38. The number of rotatable bonds is 7. The summed E-state index contributed by atoms with van der Waals surface area (Å²) in [6.45, 7) is 0. The molecule has 2 N–H and O–H groups in total. The minimum Gasteiger partial charge on any atom is -0.508 e. The quantitative estimate of drug-likeness (QED) is 0.411. The molecule has 28 heavy (non-hydrogen) atoms. The number of phenols is 1. The number of phenolic OH excluding ortho intramolecular Hbond substituents is 1. The number of hydrogen-bond donors (Lipinski definition) is 2. The van der Waals surface area contributed by atoms with Gasteiger partial charge in [-0.25, -0.2) is 4.79 Å². The number of hydrogen-bond acceptors (Lipinski definition) is 8. The van der Waals surface area contributed by atoms with Crippen LogP contribution in [0.25, 0.3) is 0 Å². The minimum atomic E-state index is -1.15. The van der Waals surface area contributed by atoms with E-state index in [4.69, 9.17) is 0 Å². The number of carbonyl (C=O) groups excluding carboxylic acids is 2. The van der Waals surface area contributed by atoms with Crippen molar-refractivity contribution in [2.75, 3.05) is 7.11 Å². The molecule has 0 unspecified atom stereocenters. The second-order valence-electron chi connectivity index (χ2n) is 5.67. The molecule has 2 aromatic carbocycles. The Balaban J connectivity index is 2.30. The first-order chi connectivity index (χ1) is 13.2. The van der Waals surface area contributed by atoms with Crippen LogP contribution >= 0.6 is 0 Å². The van der Waals surface area contributed by atoms with Gasteiger partial charge in [-0.1, -0.05) is 12.1 Å². The zero-order chi connectivity index (χ0) is 20.8. The van der Waals surface area contributed by atoms with Crippen LogP contribution in [0.2, 0.25) is 0 Å². The van der Waals surface area contributed by atoms with Crippen LogP contribution in [-0.2, 0) is 16.0 Å². The number of nitrogens with zero attached hydrogens (tertiary/aromatic N) is 2. The lowest BCUT2D eigenvalue weighted by atomic mass is 10.0. The zero-order valence-corrected chi connectivity index (χ0v) is 14.5. The van der Waals surface area contributed by atoms with E-state index in [1.807, 2.05) is 0 Å². The Hall–Kier alpha value is -4.02. The topological polar surface area (TPSA) is 162 Å². The molecule has 0 saturated heterocycles. The minimum absolute atomic E-state index is 0.00964. The Morgan fingerprint density at radius 1 is 1.07 bits per heavy atom. The molecule has 0 fully saturated rings. The highest BCUT2D eigenvalue weighted by Gasteiger charge is 2.25. The molecule has 0 saturated carbocycles. The van der Waals surface area contributed by atoms with Crippen LogP contribution in [0.15, 0.2) is 42.5 Å².